The lowest BCUT2D eigenvalue weighted by molar-refractivity contribution is -0.271. The highest BCUT2D eigenvalue weighted by Gasteiger charge is 2.47. The van der Waals surface area contributed by atoms with Crippen molar-refractivity contribution in [1.82, 2.24) is 0 Å². The molecule has 1 fully saturated rings. The third-order valence-electron chi connectivity index (χ3n) is 3.64. The summed E-state index contributed by atoms with van der Waals surface area (Å²) < 4.78 is 5.69. The number of aliphatic hydroxyl groups excluding tert-OH is 1. The van der Waals surface area contributed by atoms with E-state index < -0.39 is 11.9 Å². The van der Waals surface area contributed by atoms with Crippen LogP contribution >= 0.6 is 0 Å². The van der Waals surface area contributed by atoms with Gasteiger partial charge in [-0.1, -0.05) is 42.5 Å². The van der Waals surface area contributed by atoms with Crippen molar-refractivity contribution >= 4 is 0 Å². The van der Waals surface area contributed by atoms with Gasteiger partial charge in [0.1, 0.15) is 11.9 Å². The van der Waals surface area contributed by atoms with Crippen LogP contribution in [0.3, 0.4) is 0 Å². The number of hydrogen-bond donors (Lipinski definition) is 2. The Labute approximate surface area is 106 Å². The van der Waals surface area contributed by atoms with Crippen molar-refractivity contribution in [3.8, 4) is 0 Å². The van der Waals surface area contributed by atoms with Crippen molar-refractivity contribution in [1.29, 1.82) is 0 Å². The maximum Gasteiger partial charge on any atom is 0.260 e. The van der Waals surface area contributed by atoms with Crippen molar-refractivity contribution in [3.63, 3.8) is 0 Å². The summed E-state index contributed by atoms with van der Waals surface area (Å²) in [5, 5.41) is 20.8. The average Bonchev–Trinajstić information content (AvgIpc) is 2.41. The molecule has 0 aromatic heterocycles. The fourth-order valence-corrected chi connectivity index (χ4v) is 2.59. The molecule has 18 heavy (non-hydrogen) atoms. The van der Waals surface area contributed by atoms with Crippen LogP contribution < -0.4 is 0 Å². The van der Waals surface area contributed by atoms with Crippen LogP contribution in [-0.2, 0) is 10.5 Å². The molecule has 0 saturated carbocycles. The van der Waals surface area contributed by atoms with Crippen molar-refractivity contribution in [3.05, 3.63) is 59.9 Å². The first-order chi connectivity index (χ1) is 8.70. The number of fused-ring (bicyclic) bond motifs is 1. The first-order valence-corrected chi connectivity index (χ1v) is 6.22. The number of benzene rings is 1. The van der Waals surface area contributed by atoms with Crippen molar-refractivity contribution in [2.45, 2.75) is 24.7 Å². The fourth-order valence-electron chi connectivity index (χ4n) is 2.59. The van der Waals surface area contributed by atoms with Gasteiger partial charge in [0.2, 0.25) is 0 Å². The van der Waals surface area contributed by atoms with Gasteiger partial charge in [-0.2, -0.15) is 0 Å². The molecule has 3 rings (SSSR count). The van der Waals surface area contributed by atoms with Crippen molar-refractivity contribution in [2.75, 3.05) is 0 Å². The van der Waals surface area contributed by atoms with Gasteiger partial charge in [0.05, 0.1) is 0 Å². The Bertz CT molecular complexity index is 492. The molecule has 0 amide bonds. The molecule has 1 aliphatic heterocycles. The number of rotatable bonds is 1. The van der Waals surface area contributed by atoms with E-state index in [9.17, 15) is 10.2 Å². The molecule has 0 radical (unpaired) electrons. The summed E-state index contributed by atoms with van der Waals surface area (Å²) in [6, 6.07) is 9.05. The van der Waals surface area contributed by atoms with E-state index >= 15 is 0 Å². The Kier molecular flexibility index (Phi) is 2.73. The maximum atomic E-state index is 10.6. The normalized spacial score (nSPS) is 34.4. The van der Waals surface area contributed by atoms with E-state index in [1.807, 2.05) is 30.4 Å². The largest absolute Gasteiger partial charge is 0.459 e. The van der Waals surface area contributed by atoms with Gasteiger partial charge in [-0.05, 0) is 18.9 Å². The zero-order valence-corrected chi connectivity index (χ0v) is 9.99. The zero-order valence-electron chi connectivity index (χ0n) is 9.99. The number of aliphatic hydroxyl groups is 2. The highest BCUT2D eigenvalue weighted by molar-refractivity contribution is 5.26. The number of allylic oxidation sites excluding steroid dienone is 4. The third-order valence-corrected chi connectivity index (χ3v) is 3.64. The molecule has 1 aliphatic carbocycles. The second-order valence-electron chi connectivity index (χ2n) is 4.85. The molecular formula is C15H16O3. The molecular weight excluding hydrogens is 228 g/mol. The molecule has 3 nitrogen and oxygen atoms in total. The van der Waals surface area contributed by atoms with Crippen molar-refractivity contribution in [2.24, 2.45) is 5.92 Å². The lowest BCUT2D eigenvalue weighted by atomic mass is 9.84. The van der Waals surface area contributed by atoms with Crippen LogP contribution in [0.25, 0.3) is 0 Å². The third kappa shape index (κ3) is 1.76. The van der Waals surface area contributed by atoms with E-state index in [1.54, 1.807) is 12.1 Å². The Morgan fingerprint density at radius 3 is 2.78 bits per heavy atom. The minimum absolute atomic E-state index is 0.175. The van der Waals surface area contributed by atoms with E-state index in [-0.39, 0.29) is 5.92 Å². The summed E-state index contributed by atoms with van der Waals surface area (Å²) in [4.78, 5) is 0. The predicted molar refractivity (Wildman–Crippen MR) is 67.4 cm³/mol. The molecule has 1 saturated heterocycles. The Morgan fingerprint density at radius 1 is 1.22 bits per heavy atom. The lowest BCUT2D eigenvalue weighted by Crippen LogP contribution is -2.47. The van der Waals surface area contributed by atoms with Crippen LogP contribution in [0.15, 0.2) is 54.3 Å². The van der Waals surface area contributed by atoms with E-state index in [0.717, 1.165) is 12.2 Å². The molecule has 3 unspecified atom stereocenters. The first kappa shape index (κ1) is 11.5. The van der Waals surface area contributed by atoms with E-state index in [0.29, 0.717) is 12.0 Å². The summed E-state index contributed by atoms with van der Waals surface area (Å²) in [5.74, 6) is -0.697. The molecule has 2 N–H and O–H groups in total. The van der Waals surface area contributed by atoms with Crippen LogP contribution in [0.1, 0.15) is 18.4 Å². The Hall–Kier alpha value is -1.58. The SMILES string of the molecule is OC1CC2CC=CC=C2OC1(O)c1ccccc1. The molecule has 1 aromatic rings. The molecule has 0 spiro atoms. The number of ether oxygens (including phenoxy) is 1. The summed E-state index contributed by atoms with van der Waals surface area (Å²) in [7, 11) is 0. The first-order valence-electron chi connectivity index (χ1n) is 6.22. The van der Waals surface area contributed by atoms with E-state index in [4.69, 9.17) is 4.74 Å². The van der Waals surface area contributed by atoms with Gasteiger partial charge in [0.25, 0.3) is 5.79 Å². The maximum absolute atomic E-state index is 10.6. The topological polar surface area (TPSA) is 49.7 Å². The predicted octanol–water partition coefficient (Wildman–Crippen LogP) is 2.07. The van der Waals surface area contributed by atoms with Gasteiger partial charge in [0, 0.05) is 11.5 Å². The van der Waals surface area contributed by atoms with E-state index in [1.165, 1.54) is 0 Å². The van der Waals surface area contributed by atoms with Crippen LogP contribution in [0.2, 0.25) is 0 Å². The standard InChI is InChI=1S/C15H16O3/c16-14-10-11-6-4-5-9-13(11)18-15(14,17)12-7-2-1-3-8-12/h1-5,7-9,11,14,16-17H,6,10H2. The van der Waals surface area contributed by atoms with Gasteiger partial charge in [-0.15, -0.1) is 0 Å². The fraction of sp³-hybridized carbons (Fsp3) is 0.333. The zero-order chi connectivity index (χ0) is 12.6. The smallest absolute Gasteiger partial charge is 0.260 e. The minimum atomic E-state index is -1.63. The van der Waals surface area contributed by atoms with Crippen LogP contribution in [0, 0.1) is 5.92 Å². The van der Waals surface area contributed by atoms with Gasteiger partial charge in [-0.3, -0.25) is 0 Å². The molecule has 2 aliphatic rings. The van der Waals surface area contributed by atoms with Gasteiger partial charge >= 0.3 is 0 Å². The summed E-state index contributed by atoms with van der Waals surface area (Å²) >= 11 is 0. The van der Waals surface area contributed by atoms with Crippen LogP contribution in [-0.4, -0.2) is 16.3 Å². The molecule has 1 heterocycles. The highest BCUT2D eigenvalue weighted by Crippen LogP contribution is 2.42. The second kappa shape index (κ2) is 4.26. The van der Waals surface area contributed by atoms with Gasteiger partial charge < -0.3 is 14.9 Å². The summed E-state index contributed by atoms with van der Waals surface area (Å²) in [5.41, 5.74) is 0.589. The summed E-state index contributed by atoms with van der Waals surface area (Å²) in [6.07, 6.45) is 6.31. The second-order valence-corrected chi connectivity index (χ2v) is 4.85. The molecule has 1 aromatic carbocycles. The van der Waals surface area contributed by atoms with Gasteiger partial charge in [0.15, 0.2) is 0 Å². The Morgan fingerprint density at radius 2 is 2.00 bits per heavy atom. The van der Waals surface area contributed by atoms with E-state index in [2.05, 4.69) is 6.08 Å². The minimum Gasteiger partial charge on any atom is -0.459 e. The molecule has 3 atom stereocenters. The lowest BCUT2D eigenvalue weighted by Gasteiger charge is -2.42. The van der Waals surface area contributed by atoms with Crippen LogP contribution in [0.4, 0.5) is 0 Å². The molecule has 3 heteroatoms. The summed E-state index contributed by atoms with van der Waals surface area (Å²) in [6.45, 7) is 0. The average molecular weight is 244 g/mol. The molecule has 0 bridgehead atoms. The quantitative estimate of drug-likeness (QED) is 0.795. The highest BCUT2D eigenvalue weighted by atomic mass is 16.6. The number of hydrogen-bond acceptors (Lipinski definition) is 3. The van der Waals surface area contributed by atoms with Gasteiger partial charge in [-0.25, -0.2) is 0 Å². The van der Waals surface area contributed by atoms with Crippen LogP contribution in [0.5, 0.6) is 0 Å². The Balaban J connectivity index is 1.96. The molecule has 94 valence electrons. The van der Waals surface area contributed by atoms with Crippen molar-refractivity contribution < 1.29 is 14.9 Å². The monoisotopic (exact) mass is 244 g/mol.